The van der Waals surface area contributed by atoms with Crippen molar-refractivity contribution in [2.45, 2.75) is 6.10 Å². The van der Waals surface area contributed by atoms with Gasteiger partial charge in [-0.25, -0.2) is 9.59 Å². The largest absolute Gasteiger partial charge is 0.459 e. The van der Waals surface area contributed by atoms with Gasteiger partial charge in [-0.15, -0.1) is 0 Å². The summed E-state index contributed by atoms with van der Waals surface area (Å²) in [7, 11) is 0. The first-order valence-corrected chi connectivity index (χ1v) is 9.69. The number of aliphatic hydroxyl groups excluding tert-OH is 1. The van der Waals surface area contributed by atoms with Crippen LogP contribution in [0.25, 0.3) is 32.7 Å². The van der Waals surface area contributed by atoms with Crippen molar-refractivity contribution < 1.29 is 24.2 Å². The van der Waals surface area contributed by atoms with E-state index >= 15 is 0 Å². The summed E-state index contributed by atoms with van der Waals surface area (Å²) in [5.41, 5.74) is 1.93. The summed E-state index contributed by atoms with van der Waals surface area (Å²) in [4.78, 5) is 26.0. The van der Waals surface area contributed by atoms with E-state index in [1.54, 1.807) is 12.1 Å². The summed E-state index contributed by atoms with van der Waals surface area (Å²) in [5.74, 6) is -1.11. The number of rotatable bonds is 0. The number of aliphatic hydroxyl groups is 1. The lowest BCUT2D eigenvalue weighted by molar-refractivity contribution is -0.00440. The minimum atomic E-state index is -1.09. The molecular formula is C25H18O5. The van der Waals surface area contributed by atoms with Crippen molar-refractivity contribution in [3.63, 3.8) is 0 Å². The fourth-order valence-electron chi connectivity index (χ4n) is 3.97. The highest BCUT2D eigenvalue weighted by molar-refractivity contribution is 6.17. The maximum atomic E-state index is 13.0. The molecule has 4 aromatic carbocycles. The molecule has 0 aromatic heterocycles. The van der Waals surface area contributed by atoms with E-state index in [4.69, 9.17) is 9.47 Å². The van der Waals surface area contributed by atoms with Crippen LogP contribution in [0.15, 0.2) is 72.8 Å². The van der Waals surface area contributed by atoms with E-state index in [1.165, 1.54) is 0 Å². The van der Waals surface area contributed by atoms with Crippen LogP contribution in [0.1, 0.15) is 20.7 Å². The van der Waals surface area contributed by atoms with E-state index in [0.29, 0.717) is 22.3 Å². The lowest BCUT2D eigenvalue weighted by Gasteiger charge is -2.17. The molecule has 5 heteroatoms. The maximum Gasteiger partial charge on any atom is 0.338 e. The highest BCUT2D eigenvalue weighted by atomic mass is 16.6. The van der Waals surface area contributed by atoms with Gasteiger partial charge < -0.3 is 14.6 Å². The summed E-state index contributed by atoms with van der Waals surface area (Å²) in [6, 6.07) is 22.5. The molecule has 0 radical (unpaired) electrons. The van der Waals surface area contributed by atoms with Crippen molar-refractivity contribution in [2.24, 2.45) is 0 Å². The van der Waals surface area contributed by atoms with Crippen LogP contribution in [0, 0.1) is 0 Å². The molecule has 4 aromatic rings. The van der Waals surface area contributed by atoms with Gasteiger partial charge in [0.2, 0.25) is 0 Å². The average Bonchev–Trinajstić information content (AvgIpc) is 2.80. The van der Waals surface area contributed by atoms with Gasteiger partial charge in [-0.05, 0) is 33.7 Å². The van der Waals surface area contributed by atoms with Crippen LogP contribution in [0.4, 0.5) is 0 Å². The second kappa shape index (κ2) is 7.28. The molecule has 0 saturated heterocycles. The predicted octanol–water partition coefficient (Wildman–Crippen LogP) is 4.35. The molecule has 0 amide bonds. The minimum absolute atomic E-state index is 0.254. The van der Waals surface area contributed by atoms with Crippen molar-refractivity contribution >= 4 is 33.5 Å². The fraction of sp³-hybridized carbons (Fsp3) is 0.120. The van der Waals surface area contributed by atoms with Crippen molar-refractivity contribution in [3.05, 3.63) is 83.9 Å². The van der Waals surface area contributed by atoms with Gasteiger partial charge in [0.1, 0.15) is 19.3 Å². The van der Waals surface area contributed by atoms with Crippen molar-refractivity contribution in [1.82, 2.24) is 0 Å². The van der Waals surface area contributed by atoms with Gasteiger partial charge in [0.05, 0.1) is 11.1 Å². The average molecular weight is 398 g/mol. The molecule has 1 aliphatic heterocycles. The first-order chi connectivity index (χ1) is 14.6. The van der Waals surface area contributed by atoms with E-state index in [9.17, 15) is 14.7 Å². The minimum Gasteiger partial charge on any atom is -0.459 e. The molecule has 0 atom stereocenters. The topological polar surface area (TPSA) is 72.8 Å². The molecule has 0 saturated carbocycles. The van der Waals surface area contributed by atoms with E-state index in [2.05, 4.69) is 0 Å². The number of esters is 2. The zero-order valence-electron chi connectivity index (χ0n) is 16.0. The Morgan fingerprint density at radius 2 is 1.07 bits per heavy atom. The monoisotopic (exact) mass is 398 g/mol. The molecule has 0 unspecified atom stereocenters. The number of carbonyl (C=O) groups is 2. The molecule has 0 fully saturated rings. The zero-order valence-corrected chi connectivity index (χ0v) is 16.0. The second-order valence-corrected chi connectivity index (χ2v) is 7.27. The molecule has 148 valence electrons. The number of benzene rings is 4. The quantitative estimate of drug-likeness (QED) is 0.446. The lowest BCUT2D eigenvalue weighted by Crippen LogP contribution is -2.25. The molecule has 1 heterocycles. The first kappa shape index (κ1) is 18.3. The third-order valence-electron chi connectivity index (χ3n) is 5.36. The third-order valence-corrected chi connectivity index (χ3v) is 5.36. The van der Waals surface area contributed by atoms with E-state index in [-0.39, 0.29) is 13.2 Å². The Kier molecular flexibility index (Phi) is 4.45. The molecule has 30 heavy (non-hydrogen) atoms. The molecule has 0 spiro atoms. The van der Waals surface area contributed by atoms with Gasteiger partial charge in [-0.3, -0.25) is 0 Å². The number of ether oxygens (including phenoxy) is 2. The lowest BCUT2D eigenvalue weighted by atomic mass is 9.87. The van der Waals surface area contributed by atoms with Crippen LogP contribution in [-0.2, 0) is 9.47 Å². The van der Waals surface area contributed by atoms with Gasteiger partial charge in [0.15, 0.2) is 0 Å². The molecule has 0 bridgehead atoms. The Morgan fingerprint density at radius 3 is 1.53 bits per heavy atom. The third kappa shape index (κ3) is 3.00. The predicted molar refractivity (Wildman–Crippen MR) is 113 cm³/mol. The number of hydrogen-bond donors (Lipinski definition) is 1. The van der Waals surface area contributed by atoms with Gasteiger partial charge in [0, 0.05) is 11.1 Å². The van der Waals surface area contributed by atoms with Crippen LogP contribution in [0.5, 0.6) is 0 Å². The van der Waals surface area contributed by atoms with Crippen LogP contribution in [-0.4, -0.2) is 36.4 Å². The van der Waals surface area contributed by atoms with Gasteiger partial charge >= 0.3 is 11.9 Å². The normalized spacial score (nSPS) is 15.1. The van der Waals surface area contributed by atoms with Crippen molar-refractivity contribution in [1.29, 1.82) is 0 Å². The van der Waals surface area contributed by atoms with Gasteiger partial charge in [0.25, 0.3) is 0 Å². The molecule has 5 nitrogen and oxygen atoms in total. The smallest absolute Gasteiger partial charge is 0.338 e. The zero-order chi connectivity index (χ0) is 20.7. The maximum absolute atomic E-state index is 13.0. The number of hydrogen-bond acceptors (Lipinski definition) is 5. The Bertz CT molecular complexity index is 1210. The molecule has 0 aliphatic carbocycles. The highest BCUT2D eigenvalue weighted by Gasteiger charge is 2.26. The van der Waals surface area contributed by atoms with Gasteiger partial charge in [-0.2, -0.15) is 0 Å². The van der Waals surface area contributed by atoms with Crippen LogP contribution in [0.2, 0.25) is 0 Å². The summed E-state index contributed by atoms with van der Waals surface area (Å²) in [6.07, 6.45) is -1.09. The first-order valence-electron chi connectivity index (χ1n) is 9.69. The van der Waals surface area contributed by atoms with Crippen LogP contribution < -0.4 is 0 Å². The van der Waals surface area contributed by atoms with Crippen LogP contribution in [0.3, 0.4) is 0 Å². The Hall–Kier alpha value is -3.70. The Labute approximate surface area is 172 Å². The summed E-state index contributed by atoms with van der Waals surface area (Å²) >= 11 is 0. The van der Waals surface area contributed by atoms with Gasteiger partial charge in [-0.1, -0.05) is 60.7 Å². The Balaban J connectivity index is 1.95. The number of carbonyl (C=O) groups excluding carboxylic acids is 2. The standard InChI is InChI=1S/C25H18O5/c26-17-13-29-24(27)20-11-9-15-5-1-3-7-18(15)22(20)23-19-8-4-2-6-16(19)10-12-21(23)25(28)30-14-17/h1-12,17,26H,13-14H2. The number of cyclic esters (lactones) is 2. The second-order valence-electron chi connectivity index (χ2n) is 7.27. The van der Waals surface area contributed by atoms with E-state index < -0.39 is 18.0 Å². The van der Waals surface area contributed by atoms with Crippen LogP contribution >= 0.6 is 0 Å². The van der Waals surface area contributed by atoms with Crippen molar-refractivity contribution in [3.8, 4) is 11.1 Å². The molecule has 1 N–H and O–H groups in total. The highest BCUT2D eigenvalue weighted by Crippen LogP contribution is 2.40. The summed E-state index contributed by atoms with van der Waals surface area (Å²) in [6.45, 7) is -0.509. The summed E-state index contributed by atoms with van der Waals surface area (Å²) in [5, 5.41) is 13.6. The van der Waals surface area contributed by atoms with Crippen molar-refractivity contribution in [2.75, 3.05) is 13.2 Å². The molecular weight excluding hydrogens is 380 g/mol. The Morgan fingerprint density at radius 1 is 0.633 bits per heavy atom. The molecule has 1 aliphatic rings. The van der Waals surface area contributed by atoms with E-state index in [1.807, 2.05) is 60.7 Å². The molecule has 5 rings (SSSR count). The fourth-order valence-corrected chi connectivity index (χ4v) is 3.97. The SMILES string of the molecule is O=C1OCC(O)COC(=O)c2ccc3ccccc3c2-c2c1ccc1ccccc21. The number of fused-ring (bicyclic) bond motifs is 7. The van der Waals surface area contributed by atoms with E-state index in [0.717, 1.165) is 21.5 Å². The summed E-state index contributed by atoms with van der Waals surface area (Å²) < 4.78 is 10.7.